The van der Waals surface area contributed by atoms with Gasteiger partial charge in [0, 0.05) is 12.6 Å². The van der Waals surface area contributed by atoms with Crippen LogP contribution in [0.1, 0.15) is 41.2 Å². The lowest BCUT2D eigenvalue weighted by atomic mass is 9.94. The molecule has 2 aromatic rings. The van der Waals surface area contributed by atoms with Gasteiger partial charge in [0.2, 0.25) is 0 Å². The van der Waals surface area contributed by atoms with E-state index in [4.69, 9.17) is 0 Å². The van der Waals surface area contributed by atoms with E-state index in [9.17, 15) is 18.0 Å². The Balaban J connectivity index is 1.93. The Bertz CT molecular complexity index is 732. The Kier molecular flexibility index (Phi) is 4.37. The van der Waals surface area contributed by atoms with Gasteiger partial charge in [-0.3, -0.25) is 4.79 Å². The molecule has 0 radical (unpaired) electrons. The number of nitrogens with zero attached hydrogens (tertiary/aromatic N) is 1. The molecule has 3 rings (SSSR count). The fraction of sp³-hybridized carbons (Fsp3) is 0.278. The Morgan fingerprint density at radius 3 is 2.52 bits per heavy atom. The number of hydrogen-bond acceptors (Lipinski definition) is 1. The van der Waals surface area contributed by atoms with E-state index in [-0.39, 0.29) is 17.4 Å². The van der Waals surface area contributed by atoms with Crippen molar-refractivity contribution in [3.63, 3.8) is 0 Å². The Hall–Kier alpha value is -2.30. The molecule has 1 aliphatic heterocycles. The number of hydrogen-bond donors (Lipinski definition) is 0. The zero-order chi connectivity index (χ0) is 16.4. The number of halogens is 3. The number of carbonyl (C=O) groups excluding carboxylic acids is 1. The lowest BCUT2D eigenvalue weighted by molar-refractivity contribution is 0.0606. The van der Waals surface area contributed by atoms with Gasteiger partial charge in [-0.05, 0) is 49.1 Å². The Morgan fingerprint density at radius 2 is 1.78 bits per heavy atom. The number of benzene rings is 2. The van der Waals surface area contributed by atoms with Gasteiger partial charge >= 0.3 is 0 Å². The summed E-state index contributed by atoms with van der Waals surface area (Å²) < 4.78 is 40.4. The zero-order valence-electron chi connectivity index (χ0n) is 12.4. The quantitative estimate of drug-likeness (QED) is 0.799. The van der Waals surface area contributed by atoms with Crippen molar-refractivity contribution in [2.24, 2.45) is 0 Å². The molecule has 2 aromatic carbocycles. The molecule has 120 valence electrons. The van der Waals surface area contributed by atoms with E-state index in [1.807, 2.05) is 0 Å². The van der Waals surface area contributed by atoms with E-state index in [0.717, 1.165) is 25.0 Å². The number of piperidine rings is 1. The van der Waals surface area contributed by atoms with E-state index in [1.54, 1.807) is 17.0 Å². The van der Waals surface area contributed by atoms with Crippen LogP contribution in [0.3, 0.4) is 0 Å². The predicted molar refractivity (Wildman–Crippen MR) is 80.4 cm³/mol. The van der Waals surface area contributed by atoms with Gasteiger partial charge in [0.1, 0.15) is 17.5 Å². The molecule has 1 atom stereocenters. The van der Waals surface area contributed by atoms with Crippen LogP contribution in [0.2, 0.25) is 0 Å². The van der Waals surface area contributed by atoms with E-state index in [2.05, 4.69) is 0 Å². The van der Waals surface area contributed by atoms with Crippen molar-refractivity contribution in [1.82, 2.24) is 4.90 Å². The van der Waals surface area contributed by atoms with Crippen LogP contribution in [0.15, 0.2) is 42.5 Å². The van der Waals surface area contributed by atoms with Gasteiger partial charge in [-0.1, -0.05) is 12.1 Å². The van der Waals surface area contributed by atoms with Crippen molar-refractivity contribution in [2.45, 2.75) is 25.3 Å². The van der Waals surface area contributed by atoms with E-state index >= 15 is 0 Å². The number of carbonyl (C=O) groups is 1. The van der Waals surface area contributed by atoms with Gasteiger partial charge in [0.05, 0.1) is 11.6 Å². The largest absolute Gasteiger partial charge is 0.332 e. The molecule has 0 unspecified atom stereocenters. The first-order chi connectivity index (χ1) is 11.1. The highest BCUT2D eigenvalue weighted by Gasteiger charge is 2.30. The lowest BCUT2D eigenvalue weighted by Crippen LogP contribution is -2.39. The summed E-state index contributed by atoms with van der Waals surface area (Å²) in [6.07, 6.45) is 2.41. The van der Waals surface area contributed by atoms with Crippen LogP contribution in [-0.4, -0.2) is 17.4 Å². The molecule has 1 amide bonds. The first kappa shape index (κ1) is 15.6. The van der Waals surface area contributed by atoms with Crippen LogP contribution in [0.25, 0.3) is 0 Å². The second-order valence-electron chi connectivity index (χ2n) is 5.69. The topological polar surface area (TPSA) is 20.3 Å². The second kappa shape index (κ2) is 6.44. The maximum absolute atomic E-state index is 13.9. The average Bonchev–Trinajstić information content (AvgIpc) is 2.54. The molecular formula is C18H16F3NO. The molecule has 0 N–H and O–H groups in total. The van der Waals surface area contributed by atoms with E-state index in [0.29, 0.717) is 24.6 Å². The SMILES string of the molecule is O=C(c1ccc(F)cc1F)N1CCCC[C@H]1c1cccc(F)c1. The summed E-state index contributed by atoms with van der Waals surface area (Å²) >= 11 is 0. The molecule has 0 aliphatic carbocycles. The highest BCUT2D eigenvalue weighted by Crippen LogP contribution is 2.32. The first-order valence-electron chi connectivity index (χ1n) is 7.58. The smallest absolute Gasteiger partial charge is 0.257 e. The van der Waals surface area contributed by atoms with Gasteiger partial charge in [0.15, 0.2) is 0 Å². The highest BCUT2D eigenvalue weighted by molar-refractivity contribution is 5.94. The monoisotopic (exact) mass is 319 g/mol. The zero-order valence-corrected chi connectivity index (χ0v) is 12.4. The van der Waals surface area contributed by atoms with Gasteiger partial charge < -0.3 is 4.90 Å². The van der Waals surface area contributed by atoms with Gasteiger partial charge in [-0.15, -0.1) is 0 Å². The van der Waals surface area contributed by atoms with Gasteiger partial charge in [0.25, 0.3) is 5.91 Å². The van der Waals surface area contributed by atoms with Crippen LogP contribution in [0.5, 0.6) is 0 Å². The number of rotatable bonds is 2. The van der Waals surface area contributed by atoms with Crippen LogP contribution in [0.4, 0.5) is 13.2 Å². The number of amides is 1. The lowest BCUT2D eigenvalue weighted by Gasteiger charge is -2.36. The molecule has 1 heterocycles. The van der Waals surface area contributed by atoms with Crippen LogP contribution >= 0.6 is 0 Å². The normalized spacial score (nSPS) is 18.0. The summed E-state index contributed by atoms with van der Waals surface area (Å²) in [6.45, 7) is 0.469. The van der Waals surface area contributed by atoms with Gasteiger partial charge in [-0.2, -0.15) is 0 Å². The van der Waals surface area contributed by atoms with Crippen LogP contribution in [-0.2, 0) is 0 Å². The molecule has 1 aliphatic rings. The fourth-order valence-electron chi connectivity index (χ4n) is 3.05. The average molecular weight is 319 g/mol. The molecule has 2 nitrogen and oxygen atoms in total. The molecule has 5 heteroatoms. The molecule has 23 heavy (non-hydrogen) atoms. The van der Waals surface area contributed by atoms with Gasteiger partial charge in [-0.25, -0.2) is 13.2 Å². The second-order valence-corrected chi connectivity index (χ2v) is 5.69. The van der Waals surface area contributed by atoms with Crippen LogP contribution in [0, 0.1) is 17.5 Å². The molecule has 0 spiro atoms. The minimum absolute atomic E-state index is 0.158. The third-order valence-electron chi connectivity index (χ3n) is 4.16. The van der Waals surface area contributed by atoms with E-state index < -0.39 is 17.5 Å². The maximum atomic E-state index is 13.9. The summed E-state index contributed by atoms with van der Waals surface area (Å²) in [5.41, 5.74) is 0.537. The maximum Gasteiger partial charge on any atom is 0.257 e. The highest BCUT2D eigenvalue weighted by atomic mass is 19.1. The summed E-state index contributed by atoms with van der Waals surface area (Å²) in [6, 6.07) is 8.74. The minimum Gasteiger partial charge on any atom is -0.332 e. The first-order valence-corrected chi connectivity index (χ1v) is 7.58. The van der Waals surface area contributed by atoms with Crippen molar-refractivity contribution >= 4 is 5.91 Å². The third kappa shape index (κ3) is 3.23. The molecule has 1 saturated heterocycles. The number of likely N-dealkylation sites (tertiary alicyclic amines) is 1. The summed E-state index contributed by atoms with van der Waals surface area (Å²) in [4.78, 5) is 14.2. The molecule has 0 saturated carbocycles. The summed E-state index contributed by atoms with van der Waals surface area (Å²) in [5.74, 6) is -2.46. The van der Waals surface area contributed by atoms with Crippen molar-refractivity contribution in [1.29, 1.82) is 0 Å². The summed E-state index contributed by atoms with van der Waals surface area (Å²) in [7, 11) is 0. The third-order valence-corrected chi connectivity index (χ3v) is 4.16. The molecule has 0 aromatic heterocycles. The van der Waals surface area contributed by atoms with Crippen molar-refractivity contribution in [2.75, 3.05) is 6.54 Å². The molecule has 1 fully saturated rings. The Morgan fingerprint density at radius 1 is 1.00 bits per heavy atom. The predicted octanol–water partition coefficient (Wildman–Crippen LogP) is 4.47. The minimum atomic E-state index is -0.876. The standard InChI is InChI=1S/C18H16F3NO/c19-13-5-3-4-12(10-13)17-6-1-2-9-22(17)18(23)15-8-7-14(20)11-16(15)21/h3-5,7-8,10-11,17H,1-2,6,9H2/t17-/m0/s1. The van der Waals surface area contributed by atoms with Crippen molar-refractivity contribution in [3.8, 4) is 0 Å². The summed E-state index contributed by atoms with van der Waals surface area (Å²) in [5, 5.41) is 0. The molecule has 0 bridgehead atoms. The molecular weight excluding hydrogens is 303 g/mol. The fourth-order valence-corrected chi connectivity index (χ4v) is 3.05. The van der Waals surface area contributed by atoms with Crippen molar-refractivity contribution < 1.29 is 18.0 Å². The van der Waals surface area contributed by atoms with E-state index in [1.165, 1.54) is 12.1 Å². The Labute approximate surface area is 132 Å². The van der Waals surface area contributed by atoms with Crippen molar-refractivity contribution in [3.05, 3.63) is 71.0 Å². The van der Waals surface area contributed by atoms with Crippen LogP contribution < -0.4 is 0 Å².